The Bertz CT molecular complexity index is 1020. The molecule has 0 radical (unpaired) electrons. The van der Waals surface area contributed by atoms with E-state index in [2.05, 4.69) is 21.9 Å². The molecule has 2 aromatic rings. The molecule has 2 unspecified atom stereocenters. The molecule has 2 atom stereocenters. The molecule has 0 saturated carbocycles. The van der Waals surface area contributed by atoms with E-state index in [0.29, 0.717) is 37.5 Å². The number of piperazine rings is 1. The number of hydrogen-bond acceptors (Lipinski definition) is 5. The zero-order valence-corrected chi connectivity index (χ0v) is 19.1. The van der Waals surface area contributed by atoms with E-state index in [0.717, 1.165) is 18.8 Å². The SMILES string of the molecule is COCCN1C(=O)C(C(c2cccc(F)c2)N2CCN(c3ccccc3)CC2)C(=O)C=C1C. The number of anilines is 1. The fourth-order valence-corrected chi connectivity index (χ4v) is 4.80. The van der Waals surface area contributed by atoms with Gasteiger partial charge in [-0.05, 0) is 36.8 Å². The molecule has 1 saturated heterocycles. The Kier molecular flexibility index (Phi) is 7.20. The van der Waals surface area contributed by atoms with E-state index in [9.17, 15) is 14.0 Å². The third kappa shape index (κ3) is 4.99. The van der Waals surface area contributed by atoms with Gasteiger partial charge in [-0.25, -0.2) is 4.39 Å². The minimum absolute atomic E-state index is 0.231. The fourth-order valence-electron chi connectivity index (χ4n) is 4.80. The molecule has 2 aromatic carbocycles. The third-order valence-corrected chi connectivity index (χ3v) is 6.47. The maximum absolute atomic E-state index is 14.2. The van der Waals surface area contributed by atoms with E-state index in [-0.39, 0.29) is 17.5 Å². The number of methoxy groups -OCH3 is 1. The summed E-state index contributed by atoms with van der Waals surface area (Å²) in [7, 11) is 1.58. The second-order valence-corrected chi connectivity index (χ2v) is 8.51. The molecule has 6 nitrogen and oxygen atoms in total. The lowest BCUT2D eigenvalue weighted by Gasteiger charge is -2.44. The maximum Gasteiger partial charge on any atom is 0.239 e. The number of allylic oxidation sites excluding steroid dienone is 2. The van der Waals surface area contributed by atoms with E-state index in [1.807, 2.05) is 24.3 Å². The van der Waals surface area contributed by atoms with E-state index in [1.54, 1.807) is 25.0 Å². The molecular formula is C26H30FN3O3. The van der Waals surface area contributed by atoms with Crippen LogP contribution in [0.15, 0.2) is 66.4 Å². The number of rotatable bonds is 7. The quantitative estimate of drug-likeness (QED) is 0.605. The Morgan fingerprint density at radius 3 is 2.42 bits per heavy atom. The number of ketones is 1. The van der Waals surface area contributed by atoms with Crippen molar-refractivity contribution in [3.05, 3.63) is 77.8 Å². The first-order valence-electron chi connectivity index (χ1n) is 11.3. The van der Waals surface area contributed by atoms with Crippen LogP contribution in [0.25, 0.3) is 0 Å². The highest BCUT2D eigenvalue weighted by molar-refractivity contribution is 6.10. The average Bonchev–Trinajstić information content (AvgIpc) is 2.82. The van der Waals surface area contributed by atoms with Crippen LogP contribution in [-0.2, 0) is 14.3 Å². The van der Waals surface area contributed by atoms with Gasteiger partial charge >= 0.3 is 0 Å². The first-order chi connectivity index (χ1) is 16.0. The van der Waals surface area contributed by atoms with Gasteiger partial charge in [-0.1, -0.05) is 30.3 Å². The maximum atomic E-state index is 14.2. The van der Waals surface area contributed by atoms with Gasteiger partial charge in [0.2, 0.25) is 5.91 Å². The average molecular weight is 452 g/mol. The van der Waals surface area contributed by atoms with E-state index in [1.165, 1.54) is 18.2 Å². The predicted molar refractivity (Wildman–Crippen MR) is 125 cm³/mol. The first kappa shape index (κ1) is 23.1. The molecule has 174 valence electrons. The van der Waals surface area contributed by atoms with Gasteiger partial charge in [0.05, 0.1) is 12.6 Å². The Labute approximate surface area is 194 Å². The normalized spacial score (nSPS) is 20.7. The molecule has 2 heterocycles. The van der Waals surface area contributed by atoms with Crippen LogP contribution in [-0.4, -0.2) is 67.9 Å². The van der Waals surface area contributed by atoms with Crippen LogP contribution in [0, 0.1) is 11.7 Å². The molecule has 2 aliphatic heterocycles. The van der Waals surface area contributed by atoms with Crippen LogP contribution in [0.2, 0.25) is 0 Å². The smallest absolute Gasteiger partial charge is 0.239 e. The van der Waals surface area contributed by atoms with Crippen molar-refractivity contribution in [2.24, 2.45) is 5.92 Å². The van der Waals surface area contributed by atoms with Crippen LogP contribution in [0.4, 0.5) is 10.1 Å². The molecule has 0 aromatic heterocycles. The summed E-state index contributed by atoms with van der Waals surface area (Å²) in [6.07, 6.45) is 1.54. The fraction of sp³-hybridized carbons (Fsp3) is 0.385. The Balaban J connectivity index is 1.63. The summed E-state index contributed by atoms with van der Waals surface area (Å²) in [5.74, 6) is -1.78. The molecular weight excluding hydrogens is 421 g/mol. The summed E-state index contributed by atoms with van der Waals surface area (Å²) in [5, 5.41) is 0. The summed E-state index contributed by atoms with van der Waals surface area (Å²) in [5.41, 5.74) is 2.41. The molecule has 1 fully saturated rings. The summed E-state index contributed by atoms with van der Waals surface area (Å²) in [6.45, 7) is 5.34. The predicted octanol–water partition coefficient (Wildman–Crippen LogP) is 3.27. The lowest BCUT2D eigenvalue weighted by atomic mass is 9.84. The van der Waals surface area contributed by atoms with Crippen LogP contribution in [0.1, 0.15) is 18.5 Å². The number of ether oxygens (including phenoxy) is 1. The highest BCUT2D eigenvalue weighted by Crippen LogP contribution is 2.36. The van der Waals surface area contributed by atoms with Gasteiger partial charge in [0.1, 0.15) is 11.7 Å². The summed E-state index contributed by atoms with van der Waals surface area (Å²) in [6, 6.07) is 15.9. The number of benzene rings is 2. The number of hydrogen-bond donors (Lipinski definition) is 0. The highest BCUT2D eigenvalue weighted by Gasteiger charge is 2.44. The number of amides is 1. The summed E-state index contributed by atoms with van der Waals surface area (Å²) >= 11 is 0. The van der Waals surface area contributed by atoms with Crippen molar-refractivity contribution in [3.63, 3.8) is 0 Å². The molecule has 0 aliphatic carbocycles. The molecule has 33 heavy (non-hydrogen) atoms. The largest absolute Gasteiger partial charge is 0.383 e. The number of para-hydroxylation sites is 1. The molecule has 0 bridgehead atoms. The van der Waals surface area contributed by atoms with Crippen molar-refractivity contribution in [1.29, 1.82) is 0 Å². The van der Waals surface area contributed by atoms with Crippen molar-refractivity contribution in [1.82, 2.24) is 9.80 Å². The summed E-state index contributed by atoms with van der Waals surface area (Å²) in [4.78, 5) is 32.8. The van der Waals surface area contributed by atoms with Gasteiger partial charge in [0.25, 0.3) is 0 Å². The van der Waals surface area contributed by atoms with E-state index >= 15 is 0 Å². The van der Waals surface area contributed by atoms with Gasteiger partial charge in [-0.15, -0.1) is 0 Å². The number of carbonyl (C=O) groups is 2. The van der Waals surface area contributed by atoms with Gasteiger partial charge in [0, 0.05) is 57.3 Å². The van der Waals surface area contributed by atoms with Crippen molar-refractivity contribution >= 4 is 17.4 Å². The molecule has 1 amide bonds. The van der Waals surface area contributed by atoms with Crippen LogP contribution in [0.5, 0.6) is 0 Å². The third-order valence-electron chi connectivity index (χ3n) is 6.47. The van der Waals surface area contributed by atoms with E-state index in [4.69, 9.17) is 4.74 Å². The molecule has 7 heteroatoms. The molecule has 0 spiro atoms. The van der Waals surface area contributed by atoms with Crippen LogP contribution < -0.4 is 4.90 Å². The Morgan fingerprint density at radius 1 is 1.03 bits per heavy atom. The second-order valence-electron chi connectivity index (χ2n) is 8.51. The monoisotopic (exact) mass is 451 g/mol. The first-order valence-corrected chi connectivity index (χ1v) is 11.3. The van der Waals surface area contributed by atoms with Crippen molar-refractivity contribution in [2.45, 2.75) is 13.0 Å². The van der Waals surface area contributed by atoms with Gasteiger partial charge in [-0.3, -0.25) is 14.5 Å². The highest BCUT2D eigenvalue weighted by atomic mass is 19.1. The standard InChI is InChI=1S/C26H30FN3O3/c1-19-17-23(31)24(26(32)30(19)15-16-33-2)25(20-7-6-8-21(27)18-20)29-13-11-28(12-14-29)22-9-4-3-5-10-22/h3-10,17-18,24-25H,11-16H2,1-2H3. The molecule has 4 rings (SSSR count). The van der Waals surface area contributed by atoms with Crippen LogP contribution in [0.3, 0.4) is 0 Å². The van der Waals surface area contributed by atoms with Crippen molar-refractivity contribution in [2.75, 3.05) is 51.3 Å². The number of nitrogens with zero attached hydrogens (tertiary/aromatic N) is 3. The van der Waals surface area contributed by atoms with E-state index < -0.39 is 12.0 Å². The lowest BCUT2D eigenvalue weighted by Crippen LogP contribution is -2.54. The minimum atomic E-state index is -0.921. The topological polar surface area (TPSA) is 53.1 Å². The molecule has 2 aliphatic rings. The van der Waals surface area contributed by atoms with Gasteiger partial charge in [-0.2, -0.15) is 0 Å². The Hall–Kier alpha value is -3.03. The lowest BCUT2D eigenvalue weighted by molar-refractivity contribution is -0.143. The number of halogens is 1. The van der Waals surface area contributed by atoms with Crippen LogP contribution >= 0.6 is 0 Å². The zero-order chi connectivity index (χ0) is 23.4. The van der Waals surface area contributed by atoms with Crippen molar-refractivity contribution in [3.8, 4) is 0 Å². The molecule has 0 N–H and O–H groups in total. The van der Waals surface area contributed by atoms with Gasteiger partial charge < -0.3 is 14.5 Å². The number of carbonyl (C=O) groups excluding carboxylic acids is 2. The zero-order valence-electron chi connectivity index (χ0n) is 19.1. The minimum Gasteiger partial charge on any atom is -0.383 e. The Morgan fingerprint density at radius 2 is 1.76 bits per heavy atom. The summed E-state index contributed by atoms with van der Waals surface area (Å²) < 4.78 is 19.4. The van der Waals surface area contributed by atoms with Gasteiger partial charge in [0.15, 0.2) is 5.78 Å². The second kappa shape index (κ2) is 10.3. The van der Waals surface area contributed by atoms with Crippen molar-refractivity contribution < 1.29 is 18.7 Å².